The van der Waals surface area contributed by atoms with Crippen molar-refractivity contribution >= 4 is 65.0 Å². The van der Waals surface area contributed by atoms with Crippen LogP contribution in [0.1, 0.15) is 76.8 Å². The summed E-state index contributed by atoms with van der Waals surface area (Å²) in [5, 5.41) is 9.15. The monoisotopic (exact) mass is 784 g/mol. The zero-order valence-electron chi connectivity index (χ0n) is 28.3. The molecule has 4 N–H and O–H groups in total. The second-order valence-corrected chi connectivity index (χ2v) is 18.1. The van der Waals surface area contributed by atoms with Crippen LogP contribution in [0, 0.1) is 0 Å². The molecule has 13 nitrogen and oxygen atoms in total. The van der Waals surface area contributed by atoms with Crippen LogP contribution < -0.4 is 4.90 Å². The Morgan fingerprint density at radius 1 is 0.843 bits per heavy atom. The Bertz CT molecular complexity index is 2160. The lowest BCUT2D eigenvalue weighted by Crippen LogP contribution is -2.29. The van der Waals surface area contributed by atoms with Gasteiger partial charge in [0.2, 0.25) is 0 Å². The van der Waals surface area contributed by atoms with E-state index in [1.165, 1.54) is 18.2 Å². The number of allylic oxidation sites excluding steroid dienone is 6. The average Bonchev–Trinajstić information content (AvgIpc) is 3.40. The highest BCUT2D eigenvalue weighted by molar-refractivity contribution is 7.86. The molecule has 2 aromatic rings. The van der Waals surface area contributed by atoms with Gasteiger partial charge >= 0.3 is 5.97 Å². The van der Waals surface area contributed by atoms with E-state index in [9.17, 15) is 43.7 Å². The minimum Gasteiger partial charge on any atom is -0.481 e. The Morgan fingerprint density at radius 2 is 1.51 bits per heavy atom. The van der Waals surface area contributed by atoms with Gasteiger partial charge in [-0.2, -0.15) is 25.3 Å². The highest BCUT2D eigenvalue weighted by Crippen LogP contribution is 2.51. The van der Waals surface area contributed by atoms with E-state index in [1.54, 1.807) is 30.4 Å². The number of hydrogen-bond donors (Lipinski definition) is 4. The molecule has 0 spiro atoms. The first-order valence-electron chi connectivity index (χ1n) is 16.1. The number of aliphatic carboxylic acids is 1. The van der Waals surface area contributed by atoms with E-state index < -0.39 is 52.9 Å². The molecule has 0 fully saturated rings. The molecular weight excluding hydrogens is 744 g/mol. The SMILES string of the molecule is CC1(C)C(/C=C/C=CC=C2N(CCCCS(=O)(=O)O)c3ccc(S(=O)(=O)O)cc3C2(C)CCCCCC(=O)O)=Nc2c(Cl)cc(S(=O)(=O)O)cc21. The van der Waals surface area contributed by atoms with Crippen LogP contribution in [0.3, 0.4) is 0 Å². The Labute approximate surface area is 303 Å². The zero-order chi connectivity index (χ0) is 38.0. The third kappa shape index (κ3) is 9.54. The Hall–Kier alpha value is -3.38. The summed E-state index contributed by atoms with van der Waals surface area (Å²) in [6, 6.07) is 6.80. The van der Waals surface area contributed by atoms with Crippen LogP contribution in [0.15, 0.2) is 81.2 Å². The molecule has 1 atom stereocenters. The number of unbranched alkanes of at least 4 members (excludes halogenated alkanes) is 3. The van der Waals surface area contributed by atoms with Crippen LogP contribution in [-0.4, -0.2) is 68.0 Å². The van der Waals surface area contributed by atoms with E-state index >= 15 is 0 Å². The van der Waals surface area contributed by atoms with Gasteiger partial charge in [-0.3, -0.25) is 23.4 Å². The van der Waals surface area contributed by atoms with Gasteiger partial charge in [0.15, 0.2) is 0 Å². The van der Waals surface area contributed by atoms with Crippen molar-refractivity contribution in [2.75, 3.05) is 17.2 Å². The molecule has 2 aliphatic rings. The molecule has 278 valence electrons. The molecule has 4 rings (SSSR count). The molecule has 1 unspecified atom stereocenters. The van der Waals surface area contributed by atoms with Gasteiger partial charge in [-0.1, -0.05) is 56.5 Å². The van der Waals surface area contributed by atoms with Gasteiger partial charge in [0, 0.05) is 35.2 Å². The van der Waals surface area contributed by atoms with Crippen molar-refractivity contribution in [3.8, 4) is 0 Å². The quantitative estimate of drug-likeness (QED) is 0.0797. The minimum atomic E-state index is -4.54. The predicted octanol–water partition coefficient (Wildman–Crippen LogP) is 6.67. The number of benzene rings is 2. The van der Waals surface area contributed by atoms with Crippen LogP contribution in [0.25, 0.3) is 0 Å². The van der Waals surface area contributed by atoms with Crippen molar-refractivity contribution in [1.29, 1.82) is 0 Å². The second-order valence-electron chi connectivity index (χ2n) is 13.3. The van der Waals surface area contributed by atoms with Gasteiger partial charge in [0.25, 0.3) is 30.4 Å². The number of nitrogens with zero attached hydrogens (tertiary/aromatic N) is 2. The number of rotatable bonds is 16. The van der Waals surface area contributed by atoms with Crippen molar-refractivity contribution in [2.45, 2.75) is 86.3 Å². The first kappa shape index (κ1) is 40.4. The summed E-state index contributed by atoms with van der Waals surface area (Å²) in [5.74, 6) is -1.33. The normalized spacial score (nSPS) is 19.6. The van der Waals surface area contributed by atoms with Gasteiger partial charge in [0.1, 0.15) is 0 Å². The molecule has 2 aromatic carbocycles. The maximum Gasteiger partial charge on any atom is 0.303 e. The van der Waals surface area contributed by atoms with Crippen LogP contribution in [0.4, 0.5) is 11.4 Å². The molecule has 17 heteroatoms. The molecule has 0 aliphatic carbocycles. The first-order chi connectivity index (χ1) is 23.6. The molecule has 0 saturated carbocycles. The van der Waals surface area contributed by atoms with Crippen molar-refractivity contribution in [3.63, 3.8) is 0 Å². The maximum atomic E-state index is 12.1. The van der Waals surface area contributed by atoms with Gasteiger partial charge < -0.3 is 10.0 Å². The molecule has 0 aromatic heterocycles. The van der Waals surface area contributed by atoms with E-state index in [-0.39, 0.29) is 27.7 Å². The topological polar surface area (TPSA) is 216 Å². The number of carbonyl (C=O) groups is 1. The number of fused-ring (bicyclic) bond motifs is 2. The molecule has 0 saturated heterocycles. The summed E-state index contributed by atoms with van der Waals surface area (Å²) in [6.45, 7) is 5.95. The first-order valence-corrected chi connectivity index (χ1v) is 20.9. The molecule has 51 heavy (non-hydrogen) atoms. The minimum absolute atomic E-state index is 0.0128. The smallest absolute Gasteiger partial charge is 0.303 e. The molecular formula is C34H41ClN2O11S3. The van der Waals surface area contributed by atoms with Crippen LogP contribution in [0.2, 0.25) is 5.02 Å². The van der Waals surface area contributed by atoms with Crippen LogP contribution in [-0.2, 0) is 46.0 Å². The second kappa shape index (κ2) is 15.3. The summed E-state index contributed by atoms with van der Waals surface area (Å²) in [7, 11) is -13.2. The number of anilines is 1. The van der Waals surface area contributed by atoms with Gasteiger partial charge in [-0.15, -0.1) is 0 Å². The molecule has 2 heterocycles. The lowest BCUT2D eigenvalue weighted by atomic mass is 9.77. The van der Waals surface area contributed by atoms with Gasteiger partial charge in [-0.05, 0) is 86.2 Å². The van der Waals surface area contributed by atoms with Crippen molar-refractivity contribution in [2.24, 2.45) is 4.99 Å². The third-order valence-electron chi connectivity index (χ3n) is 9.22. The Kier molecular flexibility index (Phi) is 12.1. The van der Waals surface area contributed by atoms with Gasteiger partial charge in [0.05, 0.1) is 32.0 Å². The van der Waals surface area contributed by atoms with E-state index in [0.29, 0.717) is 66.9 Å². The predicted molar refractivity (Wildman–Crippen MR) is 195 cm³/mol. The summed E-state index contributed by atoms with van der Waals surface area (Å²) in [4.78, 5) is 17.0. The van der Waals surface area contributed by atoms with Crippen LogP contribution in [0.5, 0.6) is 0 Å². The number of halogens is 1. The van der Waals surface area contributed by atoms with E-state index in [1.807, 2.05) is 31.7 Å². The van der Waals surface area contributed by atoms with Gasteiger partial charge in [-0.25, -0.2) is 0 Å². The summed E-state index contributed by atoms with van der Waals surface area (Å²) < 4.78 is 99.2. The fourth-order valence-corrected chi connectivity index (χ4v) is 8.43. The zero-order valence-corrected chi connectivity index (χ0v) is 31.5. The van der Waals surface area contributed by atoms with Crippen molar-refractivity contribution in [1.82, 2.24) is 0 Å². The number of aliphatic imine (C=N–C) groups is 1. The van der Waals surface area contributed by atoms with E-state index in [0.717, 1.165) is 11.8 Å². The van der Waals surface area contributed by atoms with Crippen molar-refractivity contribution < 1.29 is 48.8 Å². The highest BCUT2D eigenvalue weighted by Gasteiger charge is 2.43. The molecule has 0 amide bonds. The molecule has 2 aliphatic heterocycles. The largest absolute Gasteiger partial charge is 0.481 e. The average molecular weight is 785 g/mol. The summed E-state index contributed by atoms with van der Waals surface area (Å²) in [5.41, 5.74) is 2.02. The summed E-state index contributed by atoms with van der Waals surface area (Å²) in [6.07, 6.45) is 11.6. The number of carboxylic acid groups (broad SMARTS) is 1. The fraction of sp³-hybridized carbons (Fsp3) is 0.412. The van der Waals surface area contributed by atoms with E-state index in [4.69, 9.17) is 16.7 Å². The fourth-order valence-electron chi connectivity index (χ4n) is 6.50. The number of hydrogen-bond acceptors (Lipinski definition) is 9. The highest BCUT2D eigenvalue weighted by atomic mass is 35.5. The number of carboxylic acids is 1. The van der Waals surface area contributed by atoms with E-state index in [2.05, 4.69) is 4.99 Å². The van der Waals surface area contributed by atoms with Crippen LogP contribution >= 0.6 is 11.6 Å². The maximum absolute atomic E-state index is 12.1. The lowest BCUT2D eigenvalue weighted by Gasteiger charge is -2.30. The Morgan fingerprint density at radius 3 is 2.14 bits per heavy atom. The molecule has 0 radical (unpaired) electrons. The third-order valence-corrected chi connectivity index (χ3v) is 12.0. The van der Waals surface area contributed by atoms with Crippen molar-refractivity contribution in [3.05, 3.63) is 82.6 Å². The standard InChI is InChI=1S/C34H41ClN2O11S3/c1-33(2)26-21-24(51(46,47)48)22-27(35)32(26)36-29(33)12-6-4-7-13-30-34(3,17-9-5-8-14-31(38)39)25-20-23(50(43,44)45)15-16-28(25)37(30)18-10-11-19-49(40,41)42/h4,6-7,12-13,15-16,20-22H,5,8-11,14,17-19H2,1-3H3,(H,38,39)(H,40,41,42)(H,43,44,45)(H,46,47,48)/b7-4?,12-6+,30-13?. The Balaban J connectivity index is 1.69. The molecule has 0 bridgehead atoms. The lowest BCUT2D eigenvalue weighted by molar-refractivity contribution is -0.137. The summed E-state index contributed by atoms with van der Waals surface area (Å²) >= 11 is 6.33.